The lowest BCUT2D eigenvalue weighted by atomic mass is 10.1. The zero-order valence-corrected chi connectivity index (χ0v) is 18.1. The fourth-order valence-corrected chi connectivity index (χ4v) is 3.78. The SMILES string of the molecule is COc1ccc(CCC(=O)N(CCc2ccccc2)Cc2cccnc2)cc1Br. The molecule has 3 aromatic rings. The number of hydrogen-bond acceptors (Lipinski definition) is 3. The van der Waals surface area contributed by atoms with Crippen molar-refractivity contribution in [3.63, 3.8) is 0 Å². The molecule has 150 valence electrons. The molecule has 0 N–H and O–H groups in total. The lowest BCUT2D eigenvalue weighted by molar-refractivity contribution is -0.131. The third kappa shape index (κ3) is 6.43. The zero-order chi connectivity index (χ0) is 20.5. The molecule has 0 spiro atoms. The third-order valence-electron chi connectivity index (χ3n) is 4.81. The topological polar surface area (TPSA) is 42.4 Å². The summed E-state index contributed by atoms with van der Waals surface area (Å²) in [6.07, 6.45) is 5.57. The molecule has 0 aliphatic carbocycles. The van der Waals surface area contributed by atoms with Gasteiger partial charge >= 0.3 is 0 Å². The molecule has 0 saturated heterocycles. The molecule has 0 bridgehead atoms. The smallest absolute Gasteiger partial charge is 0.223 e. The number of hydrogen-bond donors (Lipinski definition) is 0. The van der Waals surface area contributed by atoms with Gasteiger partial charge < -0.3 is 9.64 Å². The van der Waals surface area contributed by atoms with Gasteiger partial charge in [-0.3, -0.25) is 9.78 Å². The fourth-order valence-electron chi connectivity index (χ4n) is 3.19. The molecule has 0 fully saturated rings. The van der Waals surface area contributed by atoms with Crippen LogP contribution in [0.5, 0.6) is 5.75 Å². The van der Waals surface area contributed by atoms with Gasteiger partial charge in [-0.05, 0) is 63.7 Å². The molecule has 0 saturated carbocycles. The summed E-state index contributed by atoms with van der Waals surface area (Å²) in [5.41, 5.74) is 3.38. The minimum absolute atomic E-state index is 0.150. The number of nitrogens with zero attached hydrogens (tertiary/aromatic N) is 2. The summed E-state index contributed by atoms with van der Waals surface area (Å²) in [5, 5.41) is 0. The number of amides is 1. The molecule has 1 amide bonds. The lowest BCUT2D eigenvalue weighted by Gasteiger charge is -2.23. The maximum atomic E-state index is 13.0. The van der Waals surface area contributed by atoms with E-state index in [1.807, 2.05) is 59.6 Å². The van der Waals surface area contributed by atoms with Crippen molar-refractivity contribution in [1.82, 2.24) is 9.88 Å². The molecule has 5 heteroatoms. The first-order valence-corrected chi connectivity index (χ1v) is 10.5. The molecular weight excluding hydrogens is 428 g/mol. The Balaban J connectivity index is 1.65. The summed E-state index contributed by atoms with van der Waals surface area (Å²) in [4.78, 5) is 19.1. The Morgan fingerprint density at radius 3 is 2.48 bits per heavy atom. The van der Waals surface area contributed by atoms with E-state index in [0.717, 1.165) is 27.8 Å². The summed E-state index contributed by atoms with van der Waals surface area (Å²) in [5.74, 6) is 0.942. The third-order valence-corrected chi connectivity index (χ3v) is 5.43. The predicted octanol–water partition coefficient (Wildman–Crippen LogP) is 5.06. The van der Waals surface area contributed by atoms with Gasteiger partial charge in [0.1, 0.15) is 5.75 Å². The molecule has 0 atom stereocenters. The first kappa shape index (κ1) is 21.1. The highest BCUT2D eigenvalue weighted by Gasteiger charge is 2.15. The van der Waals surface area contributed by atoms with Gasteiger partial charge in [0.15, 0.2) is 0 Å². The van der Waals surface area contributed by atoms with E-state index in [4.69, 9.17) is 4.74 Å². The first-order chi connectivity index (χ1) is 14.2. The number of halogens is 1. The van der Waals surface area contributed by atoms with Crippen LogP contribution in [0.4, 0.5) is 0 Å². The van der Waals surface area contributed by atoms with E-state index < -0.39 is 0 Å². The fraction of sp³-hybridized carbons (Fsp3) is 0.250. The van der Waals surface area contributed by atoms with Crippen molar-refractivity contribution in [3.05, 3.63) is 94.2 Å². The average molecular weight is 453 g/mol. The number of rotatable bonds is 9. The number of pyridine rings is 1. The van der Waals surface area contributed by atoms with Crippen LogP contribution in [0.1, 0.15) is 23.1 Å². The number of ether oxygens (including phenoxy) is 1. The van der Waals surface area contributed by atoms with Crippen molar-refractivity contribution >= 4 is 21.8 Å². The van der Waals surface area contributed by atoms with Crippen LogP contribution < -0.4 is 4.74 Å². The van der Waals surface area contributed by atoms with E-state index in [-0.39, 0.29) is 5.91 Å². The van der Waals surface area contributed by atoms with Gasteiger partial charge in [-0.1, -0.05) is 42.5 Å². The Bertz CT molecular complexity index is 917. The number of carbonyl (C=O) groups excluding carboxylic acids is 1. The highest BCUT2D eigenvalue weighted by atomic mass is 79.9. The van der Waals surface area contributed by atoms with Crippen molar-refractivity contribution in [2.45, 2.75) is 25.8 Å². The second-order valence-corrected chi connectivity index (χ2v) is 7.74. The number of aromatic nitrogens is 1. The molecule has 3 rings (SSSR count). The standard InChI is InChI=1S/C24H25BrN2O2/c1-29-23-11-9-20(16-22(23)25)10-12-24(28)27(18-21-8-5-14-26-17-21)15-13-19-6-3-2-4-7-19/h2-9,11,14,16-17H,10,12-13,15,18H2,1H3. The molecule has 2 aromatic carbocycles. The van der Waals surface area contributed by atoms with Crippen LogP contribution in [0.3, 0.4) is 0 Å². The van der Waals surface area contributed by atoms with Crippen molar-refractivity contribution in [2.24, 2.45) is 0 Å². The largest absolute Gasteiger partial charge is 0.496 e. The Morgan fingerprint density at radius 1 is 1.00 bits per heavy atom. The van der Waals surface area contributed by atoms with Gasteiger partial charge in [-0.25, -0.2) is 0 Å². The van der Waals surface area contributed by atoms with Crippen LogP contribution in [0.25, 0.3) is 0 Å². The van der Waals surface area contributed by atoms with Crippen molar-refractivity contribution in [2.75, 3.05) is 13.7 Å². The molecule has 0 radical (unpaired) electrons. The number of aryl methyl sites for hydroxylation is 1. The van der Waals surface area contributed by atoms with E-state index in [9.17, 15) is 4.79 Å². The van der Waals surface area contributed by atoms with Crippen LogP contribution in [0, 0.1) is 0 Å². The van der Waals surface area contributed by atoms with Crippen LogP contribution in [0.15, 0.2) is 77.5 Å². The van der Waals surface area contributed by atoms with Gasteiger partial charge in [0.2, 0.25) is 5.91 Å². The van der Waals surface area contributed by atoms with Gasteiger partial charge in [-0.2, -0.15) is 0 Å². The summed E-state index contributed by atoms with van der Waals surface area (Å²) >= 11 is 3.51. The van der Waals surface area contributed by atoms with Crippen LogP contribution in [-0.4, -0.2) is 29.4 Å². The lowest BCUT2D eigenvalue weighted by Crippen LogP contribution is -2.32. The summed E-state index contributed by atoms with van der Waals surface area (Å²) in [7, 11) is 1.65. The molecule has 4 nitrogen and oxygen atoms in total. The molecule has 1 aromatic heterocycles. The van der Waals surface area contributed by atoms with E-state index in [2.05, 4.69) is 33.0 Å². The maximum Gasteiger partial charge on any atom is 0.223 e. The minimum Gasteiger partial charge on any atom is -0.496 e. The Labute approximate surface area is 180 Å². The molecule has 29 heavy (non-hydrogen) atoms. The van der Waals surface area contributed by atoms with Gasteiger partial charge in [0.25, 0.3) is 0 Å². The Hall–Kier alpha value is -2.66. The molecule has 1 heterocycles. The average Bonchev–Trinajstić information content (AvgIpc) is 2.76. The van der Waals surface area contributed by atoms with Gasteiger partial charge in [0, 0.05) is 31.9 Å². The van der Waals surface area contributed by atoms with Crippen molar-refractivity contribution in [1.29, 1.82) is 0 Å². The second kappa shape index (κ2) is 10.8. The van der Waals surface area contributed by atoms with Crippen LogP contribution in [0.2, 0.25) is 0 Å². The van der Waals surface area contributed by atoms with Crippen molar-refractivity contribution < 1.29 is 9.53 Å². The predicted molar refractivity (Wildman–Crippen MR) is 119 cm³/mol. The van der Waals surface area contributed by atoms with E-state index in [1.54, 1.807) is 13.3 Å². The minimum atomic E-state index is 0.150. The first-order valence-electron chi connectivity index (χ1n) is 9.68. The Kier molecular flexibility index (Phi) is 7.82. The van der Waals surface area contributed by atoms with E-state index >= 15 is 0 Å². The summed E-state index contributed by atoms with van der Waals surface area (Å²) in [6, 6.07) is 20.1. The van der Waals surface area contributed by atoms with Crippen molar-refractivity contribution in [3.8, 4) is 5.75 Å². The summed E-state index contributed by atoms with van der Waals surface area (Å²) < 4.78 is 6.18. The molecule has 0 unspecified atom stereocenters. The number of carbonyl (C=O) groups is 1. The van der Waals surface area contributed by atoms with Crippen LogP contribution in [-0.2, 0) is 24.2 Å². The number of benzene rings is 2. The second-order valence-electron chi connectivity index (χ2n) is 6.88. The highest BCUT2D eigenvalue weighted by Crippen LogP contribution is 2.26. The molecular formula is C24H25BrN2O2. The molecule has 0 aliphatic heterocycles. The quantitative estimate of drug-likeness (QED) is 0.455. The van der Waals surface area contributed by atoms with Gasteiger partial charge in [0.05, 0.1) is 11.6 Å². The normalized spacial score (nSPS) is 10.6. The Morgan fingerprint density at radius 2 is 1.79 bits per heavy atom. The number of methoxy groups -OCH3 is 1. The highest BCUT2D eigenvalue weighted by molar-refractivity contribution is 9.10. The summed E-state index contributed by atoms with van der Waals surface area (Å²) in [6.45, 7) is 1.26. The van der Waals surface area contributed by atoms with Gasteiger partial charge in [-0.15, -0.1) is 0 Å². The zero-order valence-electron chi connectivity index (χ0n) is 16.6. The maximum absolute atomic E-state index is 13.0. The molecule has 0 aliphatic rings. The van der Waals surface area contributed by atoms with E-state index in [1.165, 1.54) is 5.56 Å². The van der Waals surface area contributed by atoms with Crippen LogP contribution >= 0.6 is 15.9 Å². The monoisotopic (exact) mass is 452 g/mol. The van der Waals surface area contributed by atoms with E-state index in [0.29, 0.717) is 25.9 Å².